The Morgan fingerprint density at radius 2 is 1.92 bits per heavy atom. The van der Waals surface area contributed by atoms with Gasteiger partial charge in [0.25, 0.3) is 5.91 Å². The minimum Gasteiger partial charge on any atom is -0.466 e. The van der Waals surface area contributed by atoms with Gasteiger partial charge in [-0.3, -0.25) is 14.4 Å². The highest BCUT2D eigenvalue weighted by molar-refractivity contribution is 6.05. The van der Waals surface area contributed by atoms with Gasteiger partial charge in [0.05, 0.1) is 30.8 Å². The first kappa shape index (κ1) is 29.3. The number of aryl methyl sites for hydroxylation is 2. The van der Waals surface area contributed by atoms with Crippen LogP contribution in [0.15, 0.2) is 30.9 Å². The van der Waals surface area contributed by atoms with Gasteiger partial charge >= 0.3 is 5.97 Å². The molecule has 6 atom stereocenters. The van der Waals surface area contributed by atoms with Gasteiger partial charge < -0.3 is 24.4 Å². The van der Waals surface area contributed by atoms with Crippen LogP contribution in [0.3, 0.4) is 0 Å². The van der Waals surface area contributed by atoms with Crippen LogP contribution in [-0.2, 0) is 23.9 Å². The van der Waals surface area contributed by atoms with Crippen LogP contribution < -0.4 is 4.90 Å². The van der Waals surface area contributed by atoms with Crippen molar-refractivity contribution in [2.45, 2.75) is 90.5 Å². The van der Waals surface area contributed by atoms with Crippen molar-refractivity contribution in [3.63, 3.8) is 0 Å². The highest BCUT2D eigenvalue weighted by atomic mass is 16.6. The molecule has 3 heterocycles. The summed E-state index contributed by atoms with van der Waals surface area (Å²) in [7, 11) is 0. The molecule has 4 rings (SSSR count). The number of para-hydroxylation sites is 1. The molecule has 1 N–H and O–H groups in total. The Balaban J connectivity index is 1.91. The van der Waals surface area contributed by atoms with E-state index in [-0.39, 0.29) is 37.5 Å². The third-order valence-electron chi connectivity index (χ3n) is 9.03. The maximum Gasteiger partial charge on any atom is 0.312 e. The van der Waals surface area contributed by atoms with Crippen LogP contribution in [0.2, 0.25) is 0 Å². The van der Waals surface area contributed by atoms with E-state index in [1.807, 2.05) is 52.8 Å². The average molecular weight is 541 g/mol. The highest BCUT2D eigenvalue weighted by Crippen LogP contribution is 2.65. The minimum atomic E-state index is -1.18. The fourth-order valence-electron chi connectivity index (χ4n) is 7.54. The number of benzene rings is 1. The second kappa shape index (κ2) is 11.0. The molecule has 1 spiro atoms. The minimum absolute atomic E-state index is 0.173. The van der Waals surface area contributed by atoms with Crippen LogP contribution in [0.4, 0.5) is 5.69 Å². The molecule has 1 aromatic carbocycles. The van der Waals surface area contributed by atoms with E-state index >= 15 is 0 Å². The SMILES string of the molecule is C=CCN(C(=O)C1N([C@@H](CO)CC(C)C)C(=O)[C@@H]2[C@@H](C(=O)OCC)[C@@]3(CC)CCC12O3)c1c(C)cccc1C. The van der Waals surface area contributed by atoms with E-state index in [2.05, 4.69) is 6.58 Å². The molecular weight excluding hydrogens is 496 g/mol. The molecule has 214 valence electrons. The van der Waals surface area contributed by atoms with Crippen molar-refractivity contribution < 1.29 is 29.0 Å². The Labute approximate surface area is 232 Å². The van der Waals surface area contributed by atoms with E-state index in [4.69, 9.17) is 9.47 Å². The zero-order valence-corrected chi connectivity index (χ0v) is 24.2. The third kappa shape index (κ3) is 4.49. The van der Waals surface area contributed by atoms with E-state index < -0.39 is 41.1 Å². The van der Waals surface area contributed by atoms with Gasteiger partial charge in [-0.15, -0.1) is 6.58 Å². The van der Waals surface area contributed by atoms with Gasteiger partial charge in [0.1, 0.15) is 17.6 Å². The number of nitrogens with zero attached hydrogens (tertiary/aromatic N) is 2. The summed E-state index contributed by atoms with van der Waals surface area (Å²) < 4.78 is 12.3. The Morgan fingerprint density at radius 1 is 1.26 bits per heavy atom. The first-order valence-electron chi connectivity index (χ1n) is 14.3. The first-order valence-corrected chi connectivity index (χ1v) is 14.3. The molecule has 39 heavy (non-hydrogen) atoms. The zero-order valence-electron chi connectivity index (χ0n) is 24.2. The molecule has 0 aliphatic carbocycles. The standard InChI is InChI=1S/C31H44N2O6/c1-8-16-32(25-20(6)12-11-13-21(25)7)28(36)26-31-15-14-30(9-2,39-31)24(29(37)38-10-3)23(31)27(35)33(26)22(18-34)17-19(4)5/h8,11-13,19,22-24,26,34H,1,9-10,14-18H2,2-7H3/t22-,23+,24+,26?,30-,31?/m1/s1. The summed E-state index contributed by atoms with van der Waals surface area (Å²) in [6.45, 7) is 15.7. The van der Waals surface area contributed by atoms with E-state index in [1.54, 1.807) is 22.8 Å². The molecule has 0 aromatic heterocycles. The van der Waals surface area contributed by atoms with Crippen LogP contribution >= 0.6 is 0 Å². The Bertz CT molecular complexity index is 1110. The molecule has 2 bridgehead atoms. The largest absolute Gasteiger partial charge is 0.466 e. The summed E-state index contributed by atoms with van der Waals surface area (Å²) in [5, 5.41) is 10.5. The number of esters is 1. The molecule has 3 fully saturated rings. The summed E-state index contributed by atoms with van der Waals surface area (Å²) in [5.41, 5.74) is 0.608. The van der Waals surface area contributed by atoms with Gasteiger partial charge in [0.2, 0.25) is 5.91 Å². The first-order chi connectivity index (χ1) is 18.5. The molecule has 3 aliphatic heterocycles. The third-order valence-corrected chi connectivity index (χ3v) is 9.03. The lowest BCUT2D eigenvalue weighted by atomic mass is 9.65. The van der Waals surface area contributed by atoms with Crippen LogP contribution in [0.1, 0.15) is 64.5 Å². The molecule has 2 amide bonds. The van der Waals surface area contributed by atoms with Crippen molar-refractivity contribution in [1.29, 1.82) is 0 Å². The van der Waals surface area contributed by atoms with E-state index in [0.717, 1.165) is 16.8 Å². The van der Waals surface area contributed by atoms with E-state index in [1.165, 1.54) is 0 Å². The second-order valence-corrected chi connectivity index (χ2v) is 11.8. The topological polar surface area (TPSA) is 96.4 Å². The predicted octanol–water partition coefficient (Wildman–Crippen LogP) is 3.95. The molecule has 1 aromatic rings. The van der Waals surface area contributed by atoms with Gasteiger partial charge in [0, 0.05) is 12.2 Å². The van der Waals surface area contributed by atoms with Crippen molar-refractivity contribution in [2.24, 2.45) is 17.8 Å². The Hall–Kier alpha value is -2.71. The van der Waals surface area contributed by atoms with Gasteiger partial charge in [0.15, 0.2) is 0 Å². The molecular formula is C31H44N2O6. The van der Waals surface area contributed by atoms with Gasteiger partial charge in [-0.25, -0.2) is 0 Å². The summed E-state index contributed by atoms with van der Waals surface area (Å²) >= 11 is 0. The van der Waals surface area contributed by atoms with E-state index in [9.17, 15) is 19.5 Å². The smallest absolute Gasteiger partial charge is 0.312 e. The lowest BCUT2D eigenvalue weighted by molar-refractivity contribution is -0.161. The molecule has 2 unspecified atom stereocenters. The number of anilines is 1. The van der Waals surface area contributed by atoms with Crippen molar-refractivity contribution in [1.82, 2.24) is 4.90 Å². The quantitative estimate of drug-likeness (QED) is 0.337. The number of rotatable bonds is 11. The normalized spacial score (nSPS) is 30.0. The Morgan fingerprint density at radius 3 is 2.46 bits per heavy atom. The molecule has 8 heteroatoms. The monoisotopic (exact) mass is 540 g/mol. The van der Waals surface area contributed by atoms with Crippen molar-refractivity contribution in [3.8, 4) is 0 Å². The van der Waals surface area contributed by atoms with Gasteiger partial charge in [-0.1, -0.05) is 45.0 Å². The number of aliphatic hydroxyl groups excluding tert-OH is 1. The number of carbonyl (C=O) groups is 3. The zero-order chi connectivity index (χ0) is 28.7. The number of amides is 2. The van der Waals surface area contributed by atoms with Crippen LogP contribution in [0.5, 0.6) is 0 Å². The lowest BCUT2D eigenvalue weighted by Gasteiger charge is -2.40. The molecule has 3 aliphatic rings. The Kier molecular flexibility index (Phi) is 8.29. The number of aliphatic hydroxyl groups is 1. The van der Waals surface area contributed by atoms with Crippen LogP contribution in [-0.4, -0.2) is 70.8 Å². The van der Waals surface area contributed by atoms with Crippen molar-refractivity contribution in [3.05, 3.63) is 42.0 Å². The van der Waals surface area contributed by atoms with E-state index in [0.29, 0.717) is 25.7 Å². The fraction of sp³-hybridized carbons (Fsp3) is 0.645. The lowest BCUT2D eigenvalue weighted by Crippen LogP contribution is -2.59. The summed E-state index contributed by atoms with van der Waals surface area (Å²) in [6, 6.07) is 4.29. The highest BCUT2D eigenvalue weighted by Gasteiger charge is 2.79. The summed E-state index contributed by atoms with van der Waals surface area (Å²) in [6.07, 6.45) is 3.77. The maximum atomic E-state index is 14.8. The molecule has 8 nitrogen and oxygen atoms in total. The number of likely N-dealkylation sites (tertiary alicyclic amines) is 1. The second-order valence-electron chi connectivity index (χ2n) is 11.8. The van der Waals surface area contributed by atoms with Crippen molar-refractivity contribution >= 4 is 23.5 Å². The number of fused-ring (bicyclic) bond motifs is 1. The maximum absolute atomic E-state index is 14.8. The number of hydrogen-bond donors (Lipinski definition) is 1. The predicted molar refractivity (Wildman–Crippen MR) is 149 cm³/mol. The van der Waals surface area contributed by atoms with Crippen molar-refractivity contribution in [2.75, 3.05) is 24.7 Å². The number of hydrogen-bond acceptors (Lipinski definition) is 6. The van der Waals surface area contributed by atoms with Gasteiger partial charge in [-0.05, 0) is 63.5 Å². The van der Waals surface area contributed by atoms with Gasteiger partial charge in [-0.2, -0.15) is 0 Å². The summed E-state index contributed by atoms with van der Waals surface area (Å²) in [4.78, 5) is 45.9. The van der Waals surface area contributed by atoms with Crippen LogP contribution in [0.25, 0.3) is 0 Å². The molecule has 0 radical (unpaired) electrons. The van der Waals surface area contributed by atoms with Crippen LogP contribution in [0, 0.1) is 31.6 Å². The molecule has 3 saturated heterocycles. The number of carbonyl (C=O) groups excluding carboxylic acids is 3. The molecule has 0 saturated carbocycles. The summed E-state index contributed by atoms with van der Waals surface area (Å²) in [5.74, 6) is -2.50. The average Bonchev–Trinajstić information content (AvgIpc) is 3.50. The number of ether oxygens (including phenoxy) is 2. The fourth-order valence-corrected chi connectivity index (χ4v) is 7.54.